The molecule has 0 spiro atoms. The third-order valence-corrected chi connectivity index (χ3v) is 3.10. The van der Waals surface area contributed by atoms with E-state index >= 15 is 0 Å². The van der Waals surface area contributed by atoms with E-state index in [9.17, 15) is 4.79 Å². The van der Waals surface area contributed by atoms with Gasteiger partial charge in [-0.05, 0) is 49.2 Å². The van der Waals surface area contributed by atoms with Gasteiger partial charge >= 0.3 is 0 Å². The lowest BCUT2D eigenvalue weighted by Gasteiger charge is -2.12. The molecular weight excluding hydrogens is 264 g/mol. The molecular formula is C17H20N2O2. The van der Waals surface area contributed by atoms with Crippen molar-refractivity contribution in [3.05, 3.63) is 53.6 Å². The Balaban J connectivity index is 1.97. The van der Waals surface area contributed by atoms with Gasteiger partial charge in [0, 0.05) is 5.69 Å². The SMILES string of the molecule is COc1ccc(C)cc1NC(=O)CNc1cccc(C)c1. The lowest BCUT2D eigenvalue weighted by Crippen LogP contribution is -2.22. The average Bonchev–Trinajstić information content (AvgIpc) is 2.45. The quantitative estimate of drug-likeness (QED) is 0.885. The smallest absolute Gasteiger partial charge is 0.243 e. The van der Waals surface area contributed by atoms with Crippen molar-refractivity contribution in [2.24, 2.45) is 0 Å². The summed E-state index contributed by atoms with van der Waals surface area (Å²) in [6, 6.07) is 13.6. The molecule has 0 bridgehead atoms. The molecule has 0 radical (unpaired) electrons. The first-order valence-corrected chi connectivity index (χ1v) is 6.83. The molecule has 0 fully saturated rings. The van der Waals surface area contributed by atoms with Crippen molar-refractivity contribution in [1.29, 1.82) is 0 Å². The van der Waals surface area contributed by atoms with Gasteiger partial charge in [-0.2, -0.15) is 0 Å². The molecule has 0 saturated carbocycles. The van der Waals surface area contributed by atoms with Gasteiger partial charge in [0.2, 0.25) is 5.91 Å². The molecule has 0 atom stereocenters. The molecule has 0 saturated heterocycles. The van der Waals surface area contributed by atoms with Crippen molar-refractivity contribution < 1.29 is 9.53 Å². The molecule has 4 heteroatoms. The lowest BCUT2D eigenvalue weighted by atomic mass is 10.2. The van der Waals surface area contributed by atoms with E-state index in [1.165, 1.54) is 0 Å². The molecule has 21 heavy (non-hydrogen) atoms. The minimum Gasteiger partial charge on any atom is -0.495 e. The summed E-state index contributed by atoms with van der Waals surface area (Å²) in [5, 5.41) is 5.97. The first-order chi connectivity index (χ1) is 10.1. The Hall–Kier alpha value is -2.49. The van der Waals surface area contributed by atoms with Crippen LogP contribution in [0.25, 0.3) is 0 Å². The van der Waals surface area contributed by atoms with Crippen molar-refractivity contribution in [1.82, 2.24) is 0 Å². The van der Waals surface area contributed by atoms with Crippen molar-refractivity contribution in [2.45, 2.75) is 13.8 Å². The lowest BCUT2D eigenvalue weighted by molar-refractivity contribution is -0.114. The van der Waals surface area contributed by atoms with Crippen LogP contribution in [-0.2, 0) is 4.79 Å². The fourth-order valence-corrected chi connectivity index (χ4v) is 2.05. The van der Waals surface area contributed by atoms with Crippen molar-refractivity contribution >= 4 is 17.3 Å². The van der Waals surface area contributed by atoms with Crippen LogP contribution in [0, 0.1) is 13.8 Å². The van der Waals surface area contributed by atoms with E-state index < -0.39 is 0 Å². The predicted molar refractivity (Wildman–Crippen MR) is 86.0 cm³/mol. The Morgan fingerprint density at radius 1 is 1.10 bits per heavy atom. The van der Waals surface area contributed by atoms with Gasteiger partial charge in [-0.3, -0.25) is 4.79 Å². The normalized spacial score (nSPS) is 10.0. The van der Waals surface area contributed by atoms with Crippen LogP contribution >= 0.6 is 0 Å². The number of aryl methyl sites for hydroxylation is 2. The fourth-order valence-electron chi connectivity index (χ4n) is 2.05. The molecule has 0 aliphatic rings. The topological polar surface area (TPSA) is 50.4 Å². The second-order valence-corrected chi connectivity index (χ2v) is 4.97. The molecule has 110 valence electrons. The maximum atomic E-state index is 12.0. The highest BCUT2D eigenvalue weighted by molar-refractivity contribution is 5.95. The highest BCUT2D eigenvalue weighted by atomic mass is 16.5. The first-order valence-electron chi connectivity index (χ1n) is 6.83. The van der Waals surface area contributed by atoms with Crippen LogP contribution in [0.15, 0.2) is 42.5 Å². The number of anilines is 2. The van der Waals surface area contributed by atoms with E-state index in [-0.39, 0.29) is 12.5 Å². The van der Waals surface area contributed by atoms with Gasteiger partial charge < -0.3 is 15.4 Å². The largest absolute Gasteiger partial charge is 0.495 e. The van der Waals surface area contributed by atoms with Crippen LogP contribution in [0.5, 0.6) is 5.75 Å². The minimum atomic E-state index is -0.111. The molecule has 2 rings (SSSR count). The van der Waals surface area contributed by atoms with Gasteiger partial charge in [0.15, 0.2) is 0 Å². The predicted octanol–water partition coefficient (Wildman–Crippen LogP) is 3.36. The summed E-state index contributed by atoms with van der Waals surface area (Å²) in [5.41, 5.74) is 3.84. The second-order valence-electron chi connectivity index (χ2n) is 4.97. The van der Waals surface area contributed by atoms with Gasteiger partial charge in [0.05, 0.1) is 19.3 Å². The number of rotatable bonds is 5. The Kier molecular flexibility index (Phi) is 4.82. The molecule has 0 aliphatic carbocycles. The number of methoxy groups -OCH3 is 1. The summed E-state index contributed by atoms with van der Waals surface area (Å²) < 4.78 is 5.24. The highest BCUT2D eigenvalue weighted by Gasteiger charge is 2.07. The van der Waals surface area contributed by atoms with Gasteiger partial charge in [0.1, 0.15) is 5.75 Å². The Morgan fingerprint density at radius 3 is 2.57 bits per heavy atom. The first kappa shape index (κ1) is 14.9. The number of carbonyl (C=O) groups is 1. The maximum absolute atomic E-state index is 12.0. The van der Waals surface area contributed by atoms with E-state index in [4.69, 9.17) is 4.74 Å². The van der Waals surface area contributed by atoms with Crippen LogP contribution in [0.4, 0.5) is 11.4 Å². The van der Waals surface area contributed by atoms with Crippen molar-refractivity contribution in [3.63, 3.8) is 0 Å². The van der Waals surface area contributed by atoms with Gasteiger partial charge in [0.25, 0.3) is 0 Å². The van der Waals surface area contributed by atoms with Crippen LogP contribution in [0.1, 0.15) is 11.1 Å². The van der Waals surface area contributed by atoms with E-state index in [0.29, 0.717) is 11.4 Å². The molecule has 0 aliphatic heterocycles. The molecule has 2 N–H and O–H groups in total. The summed E-state index contributed by atoms with van der Waals surface area (Å²) >= 11 is 0. The zero-order valence-corrected chi connectivity index (χ0v) is 12.6. The number of amides is 1. The summed E-state index contributed by atoms with van der Waals surface area (Å²) in [6.07, 6.45) is 0. The number of hydrogen-bond donors (Lipinski definition) is 2. The van der Waals surface area contributed by atoms with Gasteiger partial charge in [-0.25, -0.2) is 0 Å². The van der Waals surface area contributed by atoms with E-state index in [0.717, 1.165) is 16.8 Å². The van der Waals surface area contributed by atoms with Crippen molar-refractivity contribution in [2.75, 3.05) is 24.3 Å². The molecule has 1 amide bonds. The Morgan fingerprint density at radius 2 is 1.86 bits per heavy atom. The summed E-state index contributed by atoms with van der Waals surface area (Å²) in [5.74, 6) is 0.546. The molecule has 2 aromatic carbocycles. The number of hydrogen-bond acceptors (Lipinski definition) is 3. The van der Waals surface area contributed by atoms with Gasteiger partial charge in [-0.1, -0.05) is 18.2 Å². The zero-order chi connectivity index (χ0) is 15.2. The third kappa shape index (κ3) is 4.24. The molecule has 0 unspecified atom stereocenters. The second kappa shape index (κ2) is 6.79. The molecule has 0 heterocycles. The zero-order valence-electron chi connectivity index (χ0n) is 12.6. The van der Waals surface area contributed by atoms with Crippen LogP contribution < -0.4 is 15.4 Å². The number of benzene rings is 2. The molecule has 0 aromatic heterocycles. The number of ether oxygens (including phenoxy) is 1. The van der Waals surface area contributed by atoms with E-state index in [2.05, 4.69) is 10.6 Å². The summed E-state index contributed by atoms with van der Waals surface area (Å²) in [4.78, 5) is 12.0. The summed E-state index contributed by atoms with van der Waals surface area (Å²) in [6.45, 7) is 4.20. The van der Waals surface area contributed by atoms with Crippen LogP contribution in [0.3, 0.4) is 0 Å². The standard InChI is InChI=1S/C17H20N2O2/c1-12-5-4-6-14(9-12)18-11-17(20)19-15-10-13(2)7-8-16(15)21-3/h4-10,18H,11H2,1-3H3,(H,19,20). The van der Waals surface area contributed by atoms with Gasteiger partial charge in [-0.15, -0.1) is 0 Å². The molecule has 2 aromatic rings. The van der Waals surface area contributed by atoms with Crippen LogP contribution in [-0.4, -0.2) is 19.6 Å². The maximum Gasteiger partial charge on any atom is 0.243 e. The minimum absolute atomic E-state index is 0.111. The number of carbonyl (C=O) groups excluding carboxylic acids is 1. The average molecular weight is 284 g/mol. The third-order valence-electron chi connectivity index (χ3n) is 3.10. The van der Waals surface area contributed by atoms with Crippen molar-refractivity contribution in [3.8, 4) is 5.75 Å². The monoisotopic (exact) mass is 284 g/mol. The highest BCUT2D eigenvalue weighted by Crippen LogP contribution is 2.25. The van der Waals surface area contributed by atoms with E-state index in [1.54, 1.807) is 7.11 Å². The van der Waals surface area contributed by atoms with E-state index in [1.807, 2.05) is 56.3 Å². The fraction of sp³-hybridized carbons (Fsp3) is 0.235. The Labute approximate surface area is 125 Å². The molecule has 4 nitrogen and oxygen atoms in total. The number of nitrogens with one attached hydrogen (secondary N) is 2. The summed E-state index contributed by atoms with van der Waals surface area (Å²) in [7, 11) is 1.59. The Bertz CT molecular complexity index is 638. The van der Waals surface area contributed by atoms with Crippen LogP contribution in [0.2, 0.25) is 0 Å².